The van der Waals surface area contributed by atoms with Crippen molar-refractivity contribution in [3.63, 3.8) is 0 Å². The molecule has 0 saturated carbocycles. The quantitative estimate of drug-likeness (QED) is 0.835. The van der Waals surface area contributed by atoms with Crippen LogP contribution in [0, 0.1) is 6.92 Å². The first kappa shape index (κ1) is 15.1. The molecule has 0 aliphatic carbocycles. The van der Waals surface area contributed by atoms with Gasteiger partial charge in [0.05, 0.1) is 5.92 Å². The highest BCUT2D eigenvalue weighted by Crippen LogP contribution is 2.38. The van der Waals surface area contributed by atoms with Gasteiger partial charge in [-0.1, -0.05) is 45.0 Å². The van der Waals surface area contributed by atoms with Crippen molar-refractivity contribution in [1.29, 1.82) is 0 Å². The van der Waals surface area contributed by atoms with E-state index in [0.29, 0.717) is 0 Å². The topological polar surface area (TPSA) is 33.6 Å². The number of rotatable bonds is 2. The van der Waals surface area contributed by atoms with Crippen LogP contribution in [0.1, 0.15) is 37.8 Å². The van der Waals surface area contributed by atoms with Gasteiger partial charge in [-0.15, -0.1) is 5.10 Å². The molecule has 0 amide bonds. The van der Waals surface area contributed by atoms with E-state index in [4.69, 9.17) is 4.43 Å². The lowest BCUT2D eigenvalue weighted by atomic mass is 9.95. The molecule has 0 radical (unpaired) electrons. The Labute approximate surface area is 123 Å². The van der Waals surface area contributed by atoms with Crippen LogP contribution in [0.3, 0.4) is 0 Å². The predicted octanol–water partition coefficient (Wildman–Crippen LogP) is 4.02. The molecule has 0 spiro atoms. The van der Waals surface area contributed by atoms with E-state index in [-0.39, 0.29) is 11.0 Å². The van der Waals surface area contributed by atoms with Gasteiger partial charge in [0.2, 0.25) is 5.90 Å². The molecule has 0 aromatic heterocycles. The number of hydrogen-bond donors (Lipinski definition) is 1. The van der Waals surface area contributed by atoms with Gasteiger partial charge in [-0.05, 0) is 36.2 Å². The van der Waals surface area contributed by atoms with Crippen molar-refractivity contribution in [3.05, 3.63) is 35.4 Å². The fourth-order valence-corrected chi connectivity index (χ4v) is 3.13. The van der Waals surface area contributed by atoms with Crippen LogP contribution in [-0.4, -0.2) is 20.8 Å². The van der Waals surface area contributed by atoms with Crippen LogP contribution in [0.15, 0.2) is 29.4 Å². The Morgan fingerprint density at radius 2 is 1.90 bits per heavy atom. The van der Waals surface area contributed by atoms with Crippen LogP contribution in [0.4, 0.5) is 0 Å². The Kier molecular flexibility index (Phi) is 3.96. The Hall–Kier alpha value is -1.29. The van der Waals surface area contributed by atoms with Gasteiger partial charge in [0.25, 0.3) is 8.32 Å². The lowest BCUT2D eigenvalue weighted by molar-refractivity contribution is 0.471. The molecule has 0 fully saturated rings. The molecule has 110 valence electrons. The van der Waals surface area contributed by atoms with E-state index in [1.807, 2.05) is 0 Å². The van der Waals surface area contributed by atoms with Gasteiger partial charge < -0.3 is 9.85 Å². The summed E-state index contributed by atoms with van der Waals surface area (Å²) in [5.74, 6) is 1.11. The first-order chi connectivity index (χ1) is 9.22. The summed E-state index contributed by atoms with van der Waals surface area (Å²) in [4.78, 5) is 0. The van der Waals surface area contributed by atoms with Crippen molar-refractivity contribution in [2.24, 2.45) is 5.10 Å². The van der Waals surface area contributed by atoms with Crippen LogP contribution in [0.25, 0.3) is 0 Å². The maximum Gasteiger partial charge on any atom is 0.252 e. The molecule has 4 heteroatoms. The molecule has 20 heavy (non-hydrogen) atoms. The second-order valence-corrected chi connectivity index (χ2v) is 11.8. The average Bonchev–Trinajstić information content (AvgIpc) is 2.75. The van der Waals surface area contributed by atoms with Crippen molar-refractivity contribution in [3.8, 4) is 0 Å². The number of hydrogen-bond acceptors (Lipinski definition) is 3. The van der Waals surface area contributed by atoms with Gasteiger partial charge in [0, 0.05) is 6.54 Å². The summed E-state index contributed by atoms with van der Waals surface area (Å²) in [6.07, 6.45) is 0. The predicted molar refractivity (Wildman–Crippen MR) is 87.6 cm³/mol. The molecule has 2 rings (SSSR count). The van der Waals surface area contributed by atoms with Gasteiger partial charge >= 0.3 is 0 Å². The Morgan fingerprint density at radius 3 is 2.50 bits per heavy atom. The third-order valence-corrected chi connectivity index (χ3v) is 8.84. The molecule has 0 saturated heterocycles. The first-order valence-electron chi connectivity index (χ1n) is 7.27. The van der Waals surface area contributed by atoms with Crippen LogP contribution in [0.5, 0.6) is 0 Å². The van der Waals surface area contributed by atoms with E-state index in [9.17, 15) is 0 Å². The fraction of sp³-hybridized carbons (Fsp3) is 0.562. The molecular weight excluding hydrogens is 264 g/mol. The zero-order valence-corrected chi connectivity index (χ0v) is 14.4. The lowest BCUT2D eigenvalue weighted by Gasteiger charge is -2.37. The van der Waals surface area contributed by atoms with E-state index in [2.05, 4.69) is 75.6 Å². The first-order valence-corrected chi connectivity index (χ1v) is 10.2. The summed E-state index contributed by atoms with van der Waals surface area (Å²) in [6.45, 7) is 14.3. The van der Waals surface area contributed by atoms with Crippen LogP contribution >= 0.6 is 0 Å². The van der Waals surface area contributed by atoms with Gasteiger partial charge in [-0.3, -0.25) is 0 Å². The van der Waals surface area contributed by atoms with E-state index < -0.39 is 8.32 Å². The van der Waals surface area contributed by atoms with E-state index >= 15 is 0 Å². The summed E-state index contributed by atoms with van der Waals surface area (Å²) >= 11 is 0. The Bertz CT molecular complexity index is 517. The maximum atomic E-state index is 6.41. The van der Waals surface area contributed by atoms with E-state index in [0.717, 1.165) is 12.4 Å². The maximum absolute atomic E-state index is 6.41. The minimum absolute atomic E-state index is 0.189. The molecule has 1 atom stereocenters. The molecule has 1 aliphatic rings. The smallest absolute Gasteiger partial charge is 0.252 e. The molecule has 3 nitrogen and oxygen atoms in total. The highest BCUT2D eigenvalue weighted by Gasteiger charge is 2.42. The highest BCUT2D eigenvalue weighted by atomic mass is 28.4. The second-order valence-electron chi connectivity index (χ2n) is 7.08. The molecular formula is C16H26N2OSi. The van der Waals surface area contributed by atoms with Crippen LogP contribution < -0.4 is 5.43 Å². The summed E-state index contributed by atoms with van der Waals surface area (Å²) < 4.78 is 6.41. The van der Waals surface area contributed by atoms with Crippen molar-refractivity contribution >= 4 is 14.2 Å². The Balaban J connectivity index is 2.23. The van der Waals surface area contributed by atoms with Crippen LogP contribution in [-0.2, 0) is 4.43 Å². The van der Waals surface area contributed by atoms with Gasteiger partial charge in [0.15, 0.2) is 0 Å². The number of hydrazone groups is 1. The minimum atomic E-state index is -1.83. The monoisotopic (exact) mass is 290 g/mol. The number of aryl methyl sites for hydroxylation is 1. The standard InChI is InChI=1S/C16H26N2OSi/c1-12-9-7-8-10-13(12)14-11-17-18-15(14)19-20(5,6)16(2,3)4/h7-10,14,17H,11H2,1-6H3. The third-order valence-electron chi connectivity index (χ3n) is 4.51. The molecule has 1 aromatic carbocycles. The van der Waals surface area contributed by atoms with Gasteiger partial charge in [-0.25, -0.2) is 0 Å². The van der Waals surface area contributed by atoms with Crippen molar-refractivity contribution in [2.45, 2.75) is 51.7 Å². The number of benzene rings is 1. The lowest BCUT2D eigenvalue weighted by Crippen LogP contribution is -2.43. The highest BCUT2D eigenvalue weighted by molar-refractivity contribution is 6.75. The summed E-state index contributed by atoms with van der Waals surface area (Å²) in [5.41, 5.74) is 5.72. The van der Waals surface area contributed by atoms with Crippen molar-refractivity contribution in [1.82, 2.24) is 5.43 Å². The molecule has 1 aliphatic heterocycles. The largest absolute Gasteiger partial charge is 0.532 e. The molecule has 0 bridgehead atoms. The molecule has 1 heterocycles. The van der Waals surface area contributed by atoms with Gasteiger partial charge in [-0.2, -0.15) is 0 Å². The molecule has 1 unspecified atom stereocenters. The normalized spacial score (nSPS) is 19.5. The zero-order chi connectivity index (χ0) is 15.0. The minimum Gasteiger partial charge on any atom is -0.532 e. The summed E-state index contributed by atoms with van der Waals surface area (Å²) in [5, 5.41) is 4.60. The summed E-state index contributed by atoms with van der Waals surface area (Å²) in [7, 11) is -1.83. The number of nitrogens with one attached hydrogen (secondary N) is 1. The average molecular weight is 290 g/mol. The Morgan fingerprint density at radius 1 is 1.25 bits per heavy atom. The SMILES string of the molecule is Cc1ccccc1C1CNN=C1O[Si](C)(C)C(C)(C)C. The molecule has 1 N–H and O–H groups in total. The van der Waals surface area contributed by atoms with Gasteiger partial charge in [0.1, 0.15) is 0 Å². The van der Waals surface area contributed by atoms with Crippen molar-refractivity contribution < 1.29 is 4.43 Å². The van der Waals surface area contributed by atoms with Crippen LogP contribution in [0.2, 0.25) is 18.1 Å². The third kappa shape index (κ3) is 2.90. The molecule has 1 aromatic rings. The zero-order valence-electron chi connectivity index (χ0n) is 13.4. The summed E-state index contributed by atoms with van der Waals surface area (Å²) in [6, 6.07) is 8.49. The van der Waals surface area contributed by atoms with E-state index in [1.165, 1.54) is 11.1 Å². The van der Waals surface area contributed by atoms with E-state index in [1.54, 1.807) is 0 Å². The number of nitrogens with zero attached hydrogens (tertiary/aromatic N) is 1. The van der Waals surface area contributed by atoms with Crippen molar-refractivity contribution in [2.75, 3.05) is 6.54 Å². The second kappa shape index (κ2) is 5.24. The fourth-order valence-electron chi connectivity index (χ4n) is 2.11.